The van der Waals surface area contributed by atoms with Crippen molar-refractivity contribution in [1.82, 2.24) is 0 Å². The number of pyridine rings is 1. The van der Waals surface area contributed by atoms with Crippen molar-refractivity contribution in [1.29, 1.82) is 0 Å². The van der Waals surface area contributed by atoms with Crippen LogP contribution >= 0.6 is 0 Å². The normalized spacial score (nSPS) is 11.1. The number of aliphatic hydroxyl groups is 2. The Bertz CT molecular complexity index is 985. The third-order valence-electron chi connectivity index (χ3n) is 5.07. The molecule has 30 heavy (non-hydrogen) atoms. The lowest BCUT2D eigenvalue weighted by molar-refractivity contribution is -0.698. The molecule has 0 unspecified atom stereocenters. The Balaban J connectivity index is 2.24. The predicted molar refractivity (Wildman–Crippen MR) is 116 cm³/mol. The minimum atomic E-state index is -0.170. The lowest BCUT2D eigenvalue weighted by Crippen LogP contribution is -2.34. The summed E-state index contributed by atoms with van der Waals surface area (Å²) >= 11 is 0. The summed E-state index contributed by atoms with van der Waals surface area (Å²) in [4.78, 5) is 0. The number of methoxy groups -OCH3 is 1. The average molecular weight is 413 g/mol. The highest BCUT2D eigenvalue weighted by molar-refractivity contribution is 6.00. The summed E-state index contributed by atoms with van der Waals surface area (Å²) in [5.74, 6) is 1.34. The number of aromatic nitrogens is 1. The van der Waals surface area contributed by atoms with E-state index < -0.39 is 0 Å². The van der Waals surface area contributed by atoms with Crippen molar-refractivity contribution >= 4 is 10.8 Å². The van der Waals surface area contributed by atoms with Gasteiger partial charge in [0.2, 0.25) is 0 Å². The zero-order valence-corrected chi connectivity index (χ0v) is 17.9. The molecule has 0 spiro atoms. The van der Waals surface area contributed by atoms with Gasteiger partial charge in [-0.05, 0) is 65.1 Å². The van der Waals surface area contributed by atoms with Crippen LogP contribution in [-0.4, -0.2) is 37.1 Å². The second-order valence-electron chi connectivity index (χ2n) is 6.91. The van der Waals surface area contributed by atoms with Crippen molar-refractivity contribution in [2.45, 2.75) is 33.6 Å². The molecule has 6 heteroatoms. The Hall–Kier alpha value is -2.67. The first-order valence-corrected chi connectivity index (χ1v) is 10.2. The summed E-state index contributed by atoms with van der Waals surface area (Å²) in [5.41, 5.74) is 3.26. The largest absolute Gasteiger partial charge is 0.490 e. The van der Waals surface area contributed by atoms with Gasteiger partial charge >= 0.3 is 0 Å². The molecule has 0 aliphatic heterocycles. The summed E-state index contributed by atoms with van der Waals surface area (Å²) in [6.07, 6.45) is 3.98. The van der Waals surface area contributed by atoms with Crippen LogP contribution in [0.4, 0.5) is 0 Å². The first-order chi connectivity index (χ1) is 14.7. The molecule has 0 saturated heterocycles. The molecule has 0 fully saturated rings. The highest BCUT2D eigenvalue weighted by atomic mass is 16.5. The molecule has 3 rings (SSSR count). The number of ether oxygens (including phenoxy) is 3. The van der Waals surface area contributed by atoms with Crippen LogP contribution in [0.3, 0.4) is 0 Å². The van der Waals surface area contributed by atoms with E-state index in [2.05, 4.69) is 0 Å². The quantitative estimate of drug-likeness (QED) is 0.500. The van der Waals surface area contributed by atoms with Gasteiger partial charge in [0, 0.05) is 19.2 Å². The first-order valence-electron chi connectivity index (χ1n) is 10.2. The van der Waals surface area contributed by atoms with E-state index in [1.165, 1.54) is 0 Å². The van der Waals surface area contributed by atoms with E-state index in [0.717, 1.165) is 28.4 Å². The molecule has 0 aliphatic rings. The highest BCUT2D eigenvalue weighted by Gasteiger charge is 2.18. The molecule has 0 aliphatic carbocycles. The van der Waals surface area contributed by atoms with Gasteiger partial charge in [0.25, 0.3) is 0 Å². The molecule has 0 radical (unpaired) electrons. The average Bonchev–Trinajstić information content (AvgIpc) is 2.77. The van der Waals surface area contributed by atoms with Crippen LogP contribution in [0.15, 0.2) is 42.7 Å². The van der Waals surface area contributed by atoms with Gasteiger partial charge in [-0.25, -0.2) is 4.57 Å². The van der Waals surface area contributed by atoms with Gasteiger partial charge < -0.3 is 24.4 Å². The molecule has 2 N–H and O–H groups in total. The smallest absolute Gasteiger partial charge is 0.171 e. The first kappa shape index (κ1) is 22.0. The van der Waals surface area contributed by atoms with Crippen molar-refractivity contribution in [3.05, 3.63) is 53.9 Å². The summed E-state index contributed by atoms with van der Waals surface area (Å²) in [7, 11) is 1.68. The van der Waals surface area contributed by atoms with Crippen molar-refractivity contribution in [3.63, 3.8) is 0 Å². The van der Waals surface area contributed by atoms with E-state index in [0.29, 0.717) is 42.4 Å². The Morgan fingerprint density at radius 2 is 1.57 bits per heavy atom. The van der Waals surface area contributed by atoms with E-state index in [9.17, 15) is 10.2 Å². The van der Waals surface area contributed by atoms with Crippen LogP contribution in [0.25, 0.3) is 21.9 Å². The molecule has 0 saturated carbocycles. The number of hydrogen-bond donors (Lipinski definition) is 2. The number of fused-ring (bicyclic) bond motifs is 1. The molecule has 0 bridgehead atoms. The van der Waals surface area contributed by atoms with Crippen molar-refractivity contribution < 1.29 is 29.0 Å². The maximum absolute atomic E-state index is 10.1. The third kappa shape index (κ3) is 4.56. The molecule has 0 atom stereocenters. The second-order valence-corrected chi connectivity index (χ2v) is 6.91. The summed E-state index contributed by atoms with van der Waals surface area (Å²) < 4.78 is 18.8. The Morgan fingerprint density at radius 3 is 2.13 bits per heavy atom. The number of hydrogen-bond acceptors (Lipinski definition) is 5. The fourth-order valence-electron chi connectivity index (χ4n) is 3.67. The van der Waals surface area contributed by atoms with Crippen LogP contribution < -0.4 is 14.0 Å². The van der Waals surface area contributed by atoms with Gasteiger partial charge in [0.1, 0.15) is 6.61 Å². The van der Waals surface area contributed by atoms with Crippen LogP contribution in [0.2, 0.25) is 0 Å². The monoisotopic (exact) mass is 412 g/mol. The number of aliphatic hydroxyl groups excluding tert-OH is 2. The lowest BCUT2D eigenvalue weighted by atomic mass is 9.90. The molecule has 2 aromatic carbocycles. The molecule has 6 nitrogen and oxygen atoms in total. The second kappa shape index (κ2) is 10.4. The maximum atomic E-state index is 10.1. The van der Waals surface area contributed by atoms with E-state index in [1.54, 1.807) is 7.11 Å². The highest BCUT2D eigenvalue weighted by Crippen LogP contribution is 2.40. The molecular formula is C24H30NO5+. The number of nitrogens with zero attached hydrogens (tertiary/aromatic N) is 1. The zero-order valence-electron chi connectivity index (χ0n) is 17.9. The summed E-state index contributed by atoms with van der Waals surface area (Å²) in [6.45, 7) is 5.98. The molecular weight excluding hydrogens is 382 g/mol. The minimum Gasteiger partial charge on any atom is -0.490 e. The van der Waals surface area contributed by atoms with E-state index in [4.69, 9.17) is 14.2 Å². The van der Waals surface area contributed by atoms with Gasteiger partial charge in [-0.15, -0.1) is 0 Å². The zero-order chi connectivity index (χ0) is 21.5. The molecule has 0 amide bonds. The van der Waals surface area contributed by atoms with Gasteiger partial charge in [0.05, 0.1) is 26.4 Å². The fraction of sp³-hybridized carbons (Fsp3) is 0.375. The maximum Gasteiger partial charge on any atom is 0.171 e. The number of rotatable bonds is 10. The third-order valence-corrected chi connectivity index (χ3v) is 5.07. The van der Waals surface area contributed by atoms with Gasteiger partial charge in [0.15, 0.2) is 30.4 Å². The molecule has 1 aromatic heterocycles. The van der Waals surface area contributed by atoms with Crippen molar-refractivity contribution in [2.24, 2.45) is 0 Å². The van der Waals surface area contributed by atoms with E-state index in [1.807, 2.05) is 61.1 Å². The fourth-order valence-corrected chi connectivity index (χ4v) is 3.67. The van der Waals surface area contributed by atoms with Gasteiger partial charge in [-0.1, -0.05) is 0 Å². The van der Waals surface area contributed by atoms with Crippen LogP contribution in [0.5, 0.6) is 11.5 Å². The van der Waals surface area contributed by atoms with E-state index in [-0.39, 0.29) is 13.2 Å². The van der Waals surface area contributed by atoms with Crippen molar-refractivity contribution in [2.75, 3.05) is 26.9 Å². The van der Waals surface area contributed by atoms with Crippen LogP contribution in [0, 0.1) is 0 Å². The molecule has 160 valence electrons. The Morgan fingerprint density at radius 1 is 0.900 bits per heavy atom. The summed E-state index contributed by atoms with van der Waals surface area (Å²) in [6, 6.07) is 9.84. The lowest BCUT2D eigenvalue weighted by Gasteiger charge is -2.18. The topological polar surface area (TPSA) is 72.0 Å². The van der Waals surface area contributed by atoms with Gasteiger partial charge in [-0.2, -0.15) is 0 Å². The van der Waals surface area contributed by atoms with Crippen molar-refractivity contribution in [3.8, 4) is 22.6 Å². The molecule has 1 heterocycles. The van der Waals surface area contributed by atoms with Crippen LogP contribution in [0.1, 0.15) is 25.0 Å². The Kier molecular flexibility index (Phi) is 7.63. The SMILES string of the molecule is CCOc1cc2cc(CO)c(CO)c(-c3cc[n+](CCOC)cc3)c2cc1OCC. The van der Waals surface area contributed by atoms with Gasteiger partial charge in [-0.3, -0.25) is 0 Å². The minimum absolute atomic E-state index is 0.156. The number of benzene rings is 2. The predicted octanol–water partition coefficient (Wildman–Crippen LogP) is 3.22. The molecule has 3 aromatic rings. The van der Waals surface area contributed by atoms with Crippen LogP contribution in [-0.2, 0) is 24.5 Å². The summed E-state index contributed by atoms with van der Waals surface area (Å²) in [5, 5.41) is 22.0. The van der Waals surface area contributed by atoms with E-state index >= 15 is 0 Å². The standard InChI is InChI=1S/C24H30NO5/c1-4-29-22-13-18-12-19(15-26)21(16-27)24(20(18)14-23(22)30-5-2)17-6-8-25(9-7-17)10-11-28-3/h6-9,12-14,26-27H,4-5,10-11,15-16H2,1-3H3/q+1. The Labute approximate surface area is 177 Å².